The Morgan fingerprint density at radius 1 is 1.35 bits per heavy atom. The molecule has 0 saturated carbocycles. The third kappa shape index (κ3) is 5.65. The average molecular weight is 243 g/mol. The van der Waals surface area contributed by atoms with E-state index in [1.54, 1.807) is 0 Å². The van der Waals surface area contributed by atoms with Gasteiger partial charge in [0.25, 0.3) is 0 Å². The molecule has 0 aliphatic carbocycles. The molecule has 1 aliphatic heterocycles. The second kappa shape index (κ2) is 7.24. The number of nitrogens with zero attached hydrogens (tertiary/aromatic N) is 1. The molecule has 0 spiro atoms. The van der Waals surface area contributed by atoms with Crippen molar-refractivity contribution >= 4 is 11.9 Å². The molecule has 0 radical (unpaired) electrons. The first-order chi connectivity index (χ1) is 8.11. The summed E-state index contributed by atoms with van der Waals surface area (Å²) in [6.07, 6.45) is 0.838. The van der Waals surface area contributed by atoms with Crippen molar-refractivity contribution in [1.29, 1.82) is 0 Å². The van der Waals surface area contributed by atoms with E-state index >= 15 is 0 Å². The van der Waals surface area contributed by atoms with Gasteiger partial charge in [0, 0.05) is 19.1 Å². The predicted molar refractivity (Wildman–Crippen MR) is 63.7 cm³/mol. The molecule has 6 heteroatoms. The molecule has 0 unspecified atom stereocenters. The first kappa shape index (κ1) is 13.9. The van der Waals surface area contributed by atoms with E-state index in [2.05, 4.69) is 10.6 Å². The van der Waals surface area contributed by atoms with E-state index in [0.717, 1.165) is 19.5 Å². The Labute approximate surface area is 102 Å². The van der Waals surface area contributed by atoms with Gasteiger partial charge in [-0.3, -0.25) is 15.0 Å². The summed E-state index contributed by atoms with van der Waals surface area (Å²) in [5, 5.41) is 5.00. The van der Waals surface area contributed by atoms with Crippen LogP contribution in [0.25, 0.3) is 0 Å². The van der Waals surface area contributed by atoms with E-state index in [0.29, 0.717) is 13.2 Å². The van der Waals surface area contributed by atoms with Gasteiger partial charge < -0.3 is 10.1 Å². The maximum Gasteiger partial charge on any atom is 0.321 e. The van der Waals surface area contributed by atoms with Gasteiger partial charge >= 0.3 is 6.03 Å². The highest BCUT2D eigenvalue weighted by molar-refractivity contribution is 5.95. The van der Waals surface area contributed by atoms with Crippen LogP contribution in [0.2, 0.25) is 0 Å². The van der Waals surface area contributed by atoms with E-state index in [1.807, 2.05) is 18.7 Å². The smallest absolute Gasteiger partial charge is 0.321 e. The van der Waals surface area contributed by atoms with Crippen molar-refractivity contribution in [3.63, 3.8) is 0 Å². The largest absolute Gasteiger partial charge is 0.379 e. The van der Waals surface area contributed by atoms with Crippen LogP contribution in [-0.2, 0) is 9.53 Å². The molecule has 1 rings (SSSR count). The second-order valence-corrected chi connectivity index (χ2v) is 4.22. The molecular weight excluding hydrogens is 222 g/mol. The highest BCUT2D eigenvalue weighted by Gasteiger charge is 2.16. The molecule has 1 fully saturated rings. The van der Waals surface area contributed by atoms with Crippen LogP contribution in [-0.4, -0.2) is 55.7 Å². The lowest BCUT2D eigenvalue weighted by Crippen LogP contribution is -2.48. The maximum atomic E-state index is 11.5. The van der Waals surface area contributed by atoms with Crippen molar-refractivity contribution in [2.24, 2.45) is 0 Å². The number of amides is 3. The molecule has 1 saturated heterocycles. The van der Waals surface area contributed by atoms with Gasteiger partial charge in [-0.05, 0) is 13.3 Å². The number of rotatable bonds is 4. The summed E-state index contributed by atoms with van der Waals surface area (Å²) in [4.78, 5) is 24.9. The fourth-order valence-electron chi connectivity index (χ4n) is 1.49. The average Bonchev–Trinajstić information content (AvgIpc) is 2.29. The van der Waals surface area contributed by atoms with Gasteiger partial charge in [-0.1, -0.05) is 6.92 Å². The van der Waals surface area contributed by atoms with Crippen LogP contribution in [0.4, 0.5) is 4.79 Å². The quantitative estimate of drug-likeness (QED) is 0.726. The van der Waals surface area contributed by atoms with Crippen LogP contribution in [0.1, 0.15) is 20.3 Å². The van der Waals surface area contributed by atoms with E-state index < -0.39 is 6.03 Å². The number of hydrogen-bond donors (Lipinski definition) is 2. The molecule has 17 heavy (non-hydrogen) atoms. The fraction of sp³-hybridized carbons (Fsp3) is 0.818. The van der Waals surface area contributed by atoms with Gasteiger partial charge in [0.2, 0.25) is 5.91 Å². The first-order valence-electron chi connectivity index (χ1n) is 6.02. The van der Waals surface area contributed by atoms with Crippen LogP contribution in [0.3, 0.4) is 0 Å². The molecular formula is C11H21N3O3. The standard InChI is InChI=1S/C11H21N3O3/c1-3-9(2)12-11(16)13-10(15)8-14-4-6-17-7-5-14/h9H,3-8H2,1-2H3,(H2,12,13,15,16)/t9-/m0/s1. The topological polar surface area (TPSA) is 70.7 Å². The summed E-state index contributed by atoms with van der Waals surface area (Å²) in [6.45, 7) is 6.88. The van der Waals surface area contributed by atoms with Gasteiger partial charge in [0.1, 0.15) is 0 Å². The minimum absolute atomic E-state index is 0.0752. The lowest BCUT2D eigenvalue weighted by Gasteiger charge is -2.25. The summed E-state index contributed by atoms with van der Waals surface area (Å²) >= 11 is 0. The van der Waals surface area contributed by atoms with Crippen molar-refractivity contribution in [1.82, 2.24) is 15.5 Å². The van der Waals surface area contributed by atoms with Crippen LogP contribution < -0.4 is 10.6 Å². The Morgan fingerprint density at radius 3 is 2.59 bits per heavy atom. The van der Waals surface area contributed by atoms with E-state index in [1.165, 1.54) is 0 Å². The molecule has 0 bridgehead atoms. The van der Waals surface area contributed by atoms with Crippen molar-refractivity contribution < 1.29 is 14.3 Å². The van der Waals surface area contributed by atoms with Gasteiger partial charge in [-0.15, -0.1) is 0 Å². The number of carbonyl (C=O) groups is 2. The lowest BCUT2D eigenvalue weighted by atomic mass is 10.3. The third-order valence-corrected chi connectivity index (χ3v) is 2.71. The first-order valence-corrected chi connectivity index (χ1v) is 6.02. The van der Waals surface area contributed by atoms with Crippen molar-refractivity contribution in [3.05, 3.63) is 0 Å². The molecule has 0 aromatic heterocycles. The van der Waals surface area contributed by atoms with Crippen molar-refractivity contribution in [2.75, 3.05) is 32.8 Å². The maximum absolute atomic E-state index is 11.5. The van der Waals surface area contributed by atoms with Gasteiger partial charge in [-0.2, -0.15) is 0 Å². The van der Waals surface area contributed by atoms with Gasteiger partial charge in [0.15, 0.2) is 0 Å². The fourth-order valence-corrected chi connectivity index (χ4v) is 1.49. The number of imide groups is 1. The number of nitrogens with one attached hydrogen (secondary N) is 2. The Bertz CT molecular complexity index is 265. The molecule has 3 amide bonds. The van der Waals surface area contributed by atoms with Gasteiger partial charge in [0.05, 0.1) is 19.8 Å². The Hall–Kier alpha value is -1.14. The van der Waals surface area contributed by atoms with Crippen molar-refractivity contribution in [2.45, 2.75) is 26.3 Å². The summed E-state index contributed by atoms with van der Waals surface area (Å²) < 4.78 is 5.18. The number of hydrogen-bond acceptors (Lipinski definition) is 4. The van der Waals surface area contributed by atoms with Crippen LogP contribution >= 0.6 is 0 Å². The van der Waals surface area contributed by atoms with E-state index in [-0.39, 0.29) is 18.5 Å². The highest BCUT2D eigenvalue weighted by Crippen LogP contribution is 1.95. The number of urea groups is 1. The molecule has 98 valence electrons. The predicted octanol–water partition coefficient (Wildman–Crippen LogP) is -0.0571. The minimum Gasteiger partial charge on any atom is -0.379 e. The number of ether oxygens (including phenoxy) is 1. The normalized spacial score (nSPS) is 18.5. The highest BCUT2D eigenvalue weighted by atomic mass is 16.5. The van der Waals surface area contributed by atoms with Gasteiger partial charge in [-0.25, -0.2) is 4.79 Å². The Balaban J connectivity index is 2.21. The minimum atomic E-state index is -0.419. The third-order valence-electron chi connectivity index (χ3n) is 2.71. The molecule has 1 aliphatic rings. The molecule has 6 nitrogen and oxygen atoms in total. The van der Waals surface area contributed by atoms with Crippen LogP contribution in [0.15, 0.2) is 0 Å². The second-order valence-electron chi connectivity index (χ2n) is 4.22. The zero-order chi connectivity index (χ0) is 12.7. The molecule has 2 N–H and O–H groups in total. The number of carbonyl (C=O) groups excluding carboxylic acids is 2. The van der Waals surface area contributed by atoms with E-state index in [9.17, 15) is 9.59 Å². The summed E-state index contributed by atoms with van der Waals surface area (Å²) in [7, 11) is 0. The zero-order valence-electron chi connectivity index (χ0n) is 10.5. The molecule has 1 atom stereocenters. The summed E-state index contributed by atoms with van der Waals surface area (Å²) in [6, 6.07) is -0.344. The van der Waals surface area contributed by atoms with E-state index in [4.69, 9.17) is 4.74 Å². The molecule has 0 aromatic rings. The molecule has 0 aromatic carbocycles. The van der Waals surface area contributed by atoms with Crippen LogP contribution in [0, 0.1) is 0 Å². The summed E-state index contributed by atoms with van der Waals surface area (Å²) in [5.41, 5.74) is 0. The lowest BCUT2D eigenvalue weighted by molar-refractivity contribution is -0.122. The SMILES string of the molecule is CC[C@H](C)NC(=O)NC(=O)CN1CCOCC1. The monoisotopic (exact) mass is 243 g/mol. The number of morpholine rings is 1. The molecule has 1 heterocycles. The zero-order valence-corrected chi connectivity index (χ0v) is 10.5. The Kier molecular flexibility index (Phi) is 5.93. The van der Waals surface area contributed by atoms with Crippen molar-refractivity contribution in [3.8, 4) is 0 Å². The van der Waals surface area contributed by atoms with Crippen LogP contribution in [0.5, 0.6) is 0 Å². The summed E-state index contributed by atoms with van der Waals surface area (Å²) in [5.74, 6) is -0.271. The Morgan fingerprint density at radius 2 is 2.00 bits per heavy atom.